The molecule has 1 aromatic carbocycles. The van der Waals surface area contributed by atoms with Gasteiger partial charge in [0.05, 0.1) is 17.1 Å². The van der Waals surface area contributed by atoms with Gasteiger partial charge in [0.1, 0.15) is 5.75 Å². The number of ether oxygens (including phenoxy) is 1. The van der Waals surface area contributed by atoms with E-state index in [1.807, 2.05) is 0 Å². The van der Waals surface area contributed by atoms with Crippen LogP contribution in [-0.4, -0.2) is 22.4 Å². The Morgan fingerprint density at radius 3 is 2.62 bits per heavy atom. The van der Waals surface area contributed by atoms with Gasteiger partial charge in [-0.05, 0) is 13.8 Å². The molecule has 0 aliphatic carbocycles. The minimum atomic E-state index is -0.656. The van der Waals surface area contributed by atoms with Crippen molar-refractivity contribution in [2.24, 2.45) is 0 Å². The molecule has 16 heavy (non-hydrogen) atoms. The van der Waals surface area contributed by atoms with Gasteiger partial charge in [-0.1, -0.05) is 0 Å². The van der Waals surface area contributed by atoms with Gasteiger partial charge in [0, 0.05) is 12.1 Å². The summed E-state index contributed by atoms with van der Waals surface area (Å²) in [4.78, 5) is 21.1. The molecule has 86 valence electrons. The van der Waals surface area contributed by atoms with Crippen LogP contribution in [0.4, 0.5) is 5.69 Å². The monoisotopic (exact) mass is 225 g/mol. The van der Waals surface area contributed by atoms with Gasteiger partial charge in [-0.3, -0.25) is 14.9 Å². The zero-order valence-electron chi connectivity index (χ0n) is 8.89. The summed E-state index contributed by atoms with van der Waals surface area (Å²) in [6.45, 7) is 3.12. The van der Waals surface area contributed by atoms with Crippen molar-refractivity contribution in [3.05, 3.63) is 27.8 Å². The number of benzene rings is 1. The molecule has 6 nitrogen and oxygen atoms in total. The Labute approximate surface area is 91.6 Å². The Balaban J connectivity index is 3.36. The molecule has 6 heteroatoms. The fourth-order valence-electron chi connectivity index (χ4n) is 1.25. The summed E-state index contributed by atoms with van der Waals surface area (Å²) in [6, 6.07) is 2.10. The molecule has 0 heterocycles. The highest BCUT2D eigenvalue weighted by atomic mass is 16.6. The van der Waals surface area contributed by atoms with Crippen molar-refractivity contribution in [1.29, 1.82) is 0 Å². The van der Waals surface area contributed by atoms with Gasteiger partial charge >= 0.3 is 5.69 Å². The van der Waals surface area contributed by atoms with Crippen LogP contribution in [0.1, 0.15) is 24.2 Å². The highest BCUT2D eigenvalue weighted by molar-refractivity contribution is 5.97. The van der Waals surface area contributed by atoms with Crippen molar-refractivity contribution in [3.63, 3.8) is 0 Å². The average molecular weight is 225 g/mol. The Morgan fingerprint density at radius 1 is 1.56 bits per heavy atom. The summed E-state index contributed by atoms with van der Waals surface area (Å²) in [6.07, 6.45) is 0. The van der Waals surface area contributed by atoms with E-state index in [0.29, 0.717) is 0 Å². The molecule has 0 radical (unpaired) electrons. The van der Waals surface area contributed by atoms with Crippen LogP contribution in [0.5, 0.6) is 11.5 Å². The summed E-state index contributed by atoms with van der Waals surface area (Å²) in [5.41, 5.74) is -0.417. The molecule has 1 rings (SSSR count). The third kappa shape index (κ3) is 2.28. The number of hydrogen-bond donors (Lipinski definition) is 1. The fourth-order valence-corrected chi connectivity index (χ4v) is 1.25. The van der Waals surface area contributed by atoms with Crippen molar-refractivity contribution in [1.82, 2.24) is 0 Å². The molecule has 0 saturated carbocycles. The molecule has 0 aromatic heterocycles. The molecule has 0 aliphatic heterocycles. The van der Waals surface area contributed by atoms with Gasteiger partial charge in [-0.2, -0.15) is 0 Å². The molecule has 0 spiro atoms. The van der Waals surface area contributed by atoms with Crippen LogP contribution in [0.15, 0.2) is 12.1 Å². The number of aromatic hydroxyl groups is 1. The minimum absolute atomic E-state index is 0.0463. The van der Waals surface area contributed by atoms with Crippen molar-refractivity contribution in [2.45, 2.75) is 13.8 Å². The van der Waals surface area contributed by atoms with E-state index in [-0.39, 0.29) is 29.4 Å². The van der Waals surface area contributed by atoms with E-state index in [4.69, 9.17) is 4.74 Å². The summed E-state index contributed by atoms with van der Waals surface area (Å²) < 4.78 is 5.00. The van der Waals surface area contributed by atoms with Gasteiger partial charge in [0.25, 0.3) is 0 Å². The van der Waals surface area contributed by atoms with Crippen LogP contribution in [0, 0.1) is 10.1 Å². The van der Waals surface area contributed by atoms with Gasteiger partial charge < -0.3 is 9.84 Å². The highest BCUT2D eigenvalue weighted by Crippen LogP contribution is 2.34. The second-order valence-corrected chi connectivity index (χ2v) is 3.08. The molecule has 0 amide bonds. The summed E-state index contributed by atoms with van der Waals surface area (Å²) in [5, 5.41) is 20.2. The van der Waals surface area contributed by atoms with Gasteiger partial charge in [0.15, 0.2) is 5.78 Å². The van der Waals surface area contributed by atoms with Crippen molar-refractivity contribution in [2.75, 3.05) is 6.61 Å². The molecule has 0 fully saturated rings. The number of carbonyl (C=O) groups is 1. The highest BCUT2D eigenvalue weighted by Gasteiger charge is 2.20. The first kappa shape index (κ1) is 12.0. The number of nitro groups is 1. The number of Topliss-reactive ketones (excluding diaryl/α,β-unsaturated/α-hetero) is 1. The Kier molecular flexibility index (Phi) is 3.44. The second kappa shape index (κ2) is 4.61. The third-order valence-electron chi connectivity index (χ3n) is 1.95. The van der Waals surface area contributed by atoms with Crippen LogP contribution in [0.3, 0.4) is 0 Å². The number of phenols is 1. The second-order valence-electron chi connectivity index (χ2n) is 3.08. The number of nitro benzene ring substituents is 1. The summed E-state index contributed by atoms with van der Waals surface area (Å²) in [7, 11) is 0. The lowest BCUT2D eigenvalue weighted by molar-refractivity contribution is -0.385. The predicted octanol–water partition coefficient (Wildman–Crippen LogP) is 1.90. The smallest absolute Gasteiger partial charge is 0.311 e. The molecule has 0 aliphatic rings. The zero-order chi connectivity index (χ0) is 12.3. The van der Waals surface area contributed by atoms with E-state index < -0.39 is 10.7 Å². The normalized spacial score (nSPS) is 9.88. The average Bonchev–Trinajstić information content (AvgIpc) is 2.17. The number of carbonyl (C=O) groups excluding carboxylic acids is 1. The fraction of sp³-hybridized carbons (Fsp3) is 0.300. The molecule has 1 N–H and O–H groups in total. The molecule has 0 bridgehead atoms. The van der Waals surface area contributed by atoms with Crippen molar-refractivity contribution in [3.8, 4) is 11.5 Å². The van der Waals surface area contributed by atoms with Crippen molar-refractivity contribution >= 4 is 11.5 Å². The van der Waals surface area contributed by atoms with Crippen LogP contribution in [0.2, 0.25) is 0 Å². The van der Waals surface area contributed by atoms with Gasteiger partial charge in [-0.25, -0.2) is 0 Å². The molecular weight excluding hydrogens is 214 g/mol. The SMILES string of the molecule is CCOc1cc(O)c(C(C)=O)cc1[N+](=O)[O-]. The first-order valence-electron chi connectivity index (χ1n) is 4.62. The van der Waals surface area contributed by atoms with E-state index >= 15 is 0 Å². The van der Waals surface area contributed by atoms with E-state index in [1.54, 1.807) is 6.92 Å². The largest absolute Gasteiger partial charge is 0.507 e. The maximum Gasteiger partial charge on any atom is 0.311 e. The summed E-state index contributed by atoms with van der Waals surface area (Å²) in [5.74, 6) is -0.805. The van der Waals surface area contributed by atoms with Crippen LogP contribution >= 0.6 is 0 Å². The molecule has 0 unspecified atom stereocenters. The third-order valence-corrected chi connectivity index (χ3v) is 1.95. The van der Waals surface area contributed by atoms with Gasteiger partial charge in [0.2, 0.25) is 5.75 Å². The van der Waals surface area contributed by atoms with Gasteiger partial charge in [-0.15, -0.1) is 0 Å². The topological polar surface area (TPSA) is 89.7 Å². The quantitative estimate of drug-likeness (QED) is 0.480. The Morgan fingerprint density at radius 2 is 2.19 bits per heavy atom. The van der Waals surface area contributed by atoms with Crippen LogP contribution in [0.25, 0.3) is 0 Å². The maximum absolute atomic E-state index is 11.1. The van der Waals surface area contributed by atoms with Crippen LogP contribution in [-0.2, 0) is 0 Å². The molecular formula is C10H11NO5. The minimum Gasteiger partial charge on any atom is -0.507 e. The van der Waals surface area contributed by atoms with Crippen molar-refractivity contribution < 1.29 is 19.6 Å². The lowest BCUT2D eigenvalue weighted by Crippen LogP contribution is -2.01. The lowest BCUT2D eigenvalue weighted by atomic mass is 10.1. The first-order valence-corrected chi connectivity index (χ1v) is 4.62. The molecule has 0 atom stereocenters. The van der Waals surface area contributed by atoms with Crippen LogP contribution < -0.4 is 4.74 Å². The van der Waals surface area contributed by atoms with E-state index in [9.17, 15) is 20.0 Å². The Hall–Kier alpha value is -2.11. The summed E-state index contributed by atoms with van der Waals surface area (Å²) >= 11 is 0. The number of phenolic OH excluding ortho intramolecular Hbond substituents is 1. The number of hydrogen-bond acceptors (Lipinski definition) is 5. The number of rotatable bonds is 4. The predicted molar refractivity (Wildman–Crippen MR) is 55.9 cm³/mol. The maximum atomic E-state index is 11.1. The van der Waals surface area contributed by atoms with E-state index in [2.05, 4.69) is 0 Å². The lowest BCUT2D eigenvalue weighted by Gasteiger charge is -2.06. The van der Waals surface area contributed by atoms with E-state index in [1.165, 1.54) is 6.92 Å². The number of nitrogens with zero attached hydrogens (tertiary/aromatic N) is 1. The number of ketones is 1. The first-order chi connectivity index (χ1) is 7.47. The molecule has 0 saturated heterocycles. The standard InChI is InChI=1S/C10H11NO5/c1-3-16-10-5-9(13)7(6(2)12)4-8(10)11(14)15/h4-5,13H,3H2,1-2H3. The van der Waals surface area contributed by atoms with E-state index in [0.717, 1.165) is 12.1 Å². The molecule has 1 aromatic rings. The Bertz CT molecular complexity index is 441. The zero-order valence-corrected chi connectivity index (χ0v) is 8.89.